The van der Waals surface area contributed by atoms with E-state index in [2.05, 4.69) is 4.18 Å². The van der Waals surface area contributed by atoms with Crippen molar-refractivity contribution >= 4 is 10.4 Å². The fourth-order valence-corrected chi connectivity index (χ4v) is 3.50. The van der Waals surface area contributed by atoms with Crippen LogP contribution in [-0.4, -0.2) is 98.6 Å². The van der Waals surface area contributed by atoms with Crippen LogP contribution in [0, 0.1) is 11.8 Å². The van der Waals surface area contributed by atoms with E-state index in [1.807, 2.05) is 0 Å². The van der Waals surface area contributed by atoms with Crippen LogP contribution < -0.4 is 0 Å². The van der Waals surface area contributed by atoms with Crippen LogP contribution in [0.5, 0.6) is 0 Å². The molecule has 0 bridgehead atoms. The second-order valence-corrected chi connectivity index (χ2v) is 6.98. The summed E-state index contributed by atoms with van der Waals surface area (Å²) >= 11 is 0. The Hall–Kier alpha value is -0.410. The third-order valence-corrected chi connectivity index (χ3v) is 4.73. The Morgan fingerprint density at radius 1 is 1.08 bits per heavy atom. The lowest BCUT2D eigenvalue weighted by molar-refractivity contribution is -0.110. The molecule has 144 valence electrons. The summed E-state index contributed by atoms with van der Waals surface area (Å²) in [7, 11) is -5.09. The van der Waals surface area contributed by atoms with Gasteiger partial charge >= 0.3 is 10.4 Å². The van der Waals surface area contributed by atoms with Gasteiger partial charge in [0.1, 0.15) is 18.3 Å². The van der Waals surface area contributed by atoms with Gasteiger partial charge in [-0.15, -0.1) is 0 Å². The lowest BCUT2D eigenvalue weighted by atomic mass is 9.87. The van der Waals surface area contributed by atoms with Gasteiger partial charge < -0.3 is 35.7 Å². The Kier molecular flexibility index (Phi) is 7.93. The van der Waals surface area contributed by atoms with Crippen molar-refractivity contribution in [3.63, 3.8) is 0 Å². The van der Waals surface area contributed by atoms with Gasteiger partial charge in [-0.3, -0.25) is 4.55 Å². The number of hydrogen-bond acceptors (Lipinski definition) is 10. The summed E-state index contributed by atoms with van der Waals surface area (Å²) in [6, 6.07) is 0. The van der Waals surface area contributed by atoms with E-state index in [0.29, 0.717) is 0 Å². The molecule has 1 aliphatic carbocycles. The molecule has 0 aromatic heterocycles. The van der Waals surface area contributed by atoms with E-state index in [9.17, 15) is 39.1 Å². The van der Waals surface area contributed by atoms with Gasteiger partial charge in [0.15, 0.2) is 0 Å². The zero-order valence-electron chi connectivity index (χ0n) is 12.7. The topological polar surface area (TPSA) is 205 Å². The number of aliphatic hydroxyl groups is 7. The Bertz CT molecular complexity index is 483. The first-order valence-corrected chi connectivity index (χ1v) is 8.66. The first-order valence-electron chi connectivity index (χ1n) is 7.29. The van der Waals surface area contributed by atoms with Gasteiger partial charge in [-0.25, -0.2) is 4.18 Å². The molecule has 1 saturated carbocycles. The Morgan fingerprint density at radius 2 is 1.67 bits per heavy atom. The molecule has 1 fully saturated rings. The Morgan fingerprint density at radius 3 is 2.12 bits per heavy atom. The molecule has 0 spiro atoms. The minimum Gasteiger partial charge on any atom is -0.396 e. The van der Waals surface area contributed by atoms with Crippen LogP contribution in [-0.2, 0) is 14.6 Å². The Balaban J connectivity index is 2.89. The summed E-state index contributed by atoms with van der Waals surface area (Å²) in [5, 5.41) is 66.7. The van der Waals surface area contributed by atoms with E-state index in [-0.39, 0.29) is 12.8 Å². The minimum atomic E-state index is -5.09. The molecule has 0 aliphatic heterocycles. The van der Waals surface area contributed by atoms with Crippen LogP contribution in [0.15, 0.2) is 0 Å². The van der Waals surface area contributed by atoms with E-state index in [0.717, 1.165) is 0 Å². The normalized spacial score (nSPS) is 33.2. The molecule has 8 N–H and O–H groups in total. The number of hydrogen-bond donors (Lipinski definition) is 8. The first kappa shape index (κ1) is 21.6. The largest absolute Gasteiger partial charge is 0.397 e. The molecule has 0 aromatic carbocycles. The zero-order chi connectivity index (χ0) is 18.7. The molecule has 0 radical (unpaired) electrons. The van der Waals surface area contributed by atoms with Crippen molar-refractivity contribution in [2.75, 3.05) is 13.2 Å². The SMILES string of the molecule is O=S(=O)(O)O[C@@H]([C@H](O)[C@H](O)CO)[C@@H](O)C[C@@H]1C[C@@H](O)[C@H](O)[C@H]1CO. The van der Waals surface area contributed by atoms with Gasteiger partial charge in [0, 0.05) is 12.5 Å². The van der Waals surface area contributed by atoms with Crippen molar-refractivity contribution in [2.24, 2.45) is 11.8 Å². The van der Waals surface area contributed by atoms with Crippen molar-refractivity contribution < 1.29 is 52.9 Å². The third kappa shape index (κ3) is 5.56. The highest BCUT2D eigenvalue weighted by atomic mass is 32.3. The van der Waals surface area contributed by atoms with E-state index in [4.69, 9.17) is 9.66 Å². The molecule has 0 unspecified atom stereocenters. The van der Waals surface area contributed by atoms with Crippen LogP contribution in [0.25, 0.3) is 0 Å². The van der Waals surface area contributed by atoms with Gasteiger partial charge in [0.05, 0.1) is 24.9 Å². The number of aliphatic hydroxyl groups excluding tert-OH is 7. The van der Waals surface area contributed by atoms with Gasteiger partial charge in [-0.1, -0.05) is 0 Å². The molecule has 1 aliphatic rings. The molecular formula is C12H24O11S. The zero-order valence-corrected chi connectivity index (χ0v) is 13.5. The van der Waals surface area contributed by atoms with Crippen LogP contribution in [0.1, 0.15) is 12.8 Å². The summed E-state index contributed by atoms with van der Waals surface area (Å²) in [6.07, 6.45) is -10.3. The molecular weight excluding hydrogens is 352 g/mol. The molecule has 1 rings (SSSR count). The standard InChI is InChI=1S/C12H24O11S/c13-3-6-5(1-7(15)10(6)18)2-8(16)12(23-24(20,21)22)11(19)9(17)4-14/h5-19H,1-4H2,(H,20,21,22)/t5-,6-,7+,8-,9+,10+,11+,12+/m0/s1. The predicted molar refractivity (Wildman–Crippen MR) is 76.8 cm³/mol. The van der Waals surface area contributed by atoms with Crippen LogP contribution in [0.2, 0.25) is 0 Å². The fraction of sp³-hybridized carbons (Fsp3) is 1.00. The molecule has 0 saturated heterocycles. The van der Waals surface area contributed by atoms with E-state index in [1.54, 1.807) is 0 Å². The van der Waals surface area contributed by atoms with E-state index in [1.165, 1.54) is 0 Å². The van der Waals surface area contributed by atoms with Gasteiger partial charge in [-0.05, 0) is 18.8 Å². The Labute approximate surface area is 138 Å². The van der Waals surface area contributed by atoms with Gasteiger partial charge in [0.2, 0.25) is 0 Å². The second-order valence-electron chi connectivity index (χ2n) is 5.93. The quantitative estimate of drug-likeness (QED) is 0.182. The summed E-state index contributed by atoms with van der Waals surface area (Å²) in [6.45, 7) is -1.46. The van der Waals surface area contributed by atoms with Crippen LogP contribution >= 0.6 is 0 Å². The van der Waals surface area contributed by atoms with Crippen molar-refractivity contribution in [3.05, 3.63) is 0 Å². The second kappa shape index (κ2) is 8.80. The third-order valence-electron chi connectivity index (χ3n) is 4.27. The summed E-state index contributed by atoms with van der Waals surface area (Å²) in [5.74, 6) is -1.43. The predicted octanol–water partition coefficient (Wildman–Crippen LogP) is -4.01. The van der Waals surface area contributed by atoms with Gasteiger partial charge in [-0.2, -0.15) is 8.42 Å². The van der Waals surface area contributed by atoms with Crippen LogP contribution in [0.4, 0.5) is 0 Å². The maximum absolute atomic E-state index is 10.9. The van der Waals surface area contributed by atoms with Crippen LogP contribution in [0.3, 0.4) is 0 Å². The lowest BCUT2D eigenvalue weighted by Crippen LogP contribution is -2.49. The highest BCUT2D eigenvalue weighted by Gasteiger charge is 2.44. The maximum atomic E-state index is 10.9. The smallest absolute Gasteiger partial charge is 0.396 e. The van der Waals surface area contributed by atoms with Crippen molar-refractivity contribution in [1.29, 1.82) is 0 Å². The monoisotopic (exact) mass is 376 g/mol. The van der Waals surface area contributed by atoms with Gasteiger partial charge in [0.25, 0.3) is 0 Å². The molecule has 0 amide bonds. The van der Waals surface area contributed by atoms with Crippen molar-refractivity contribution in [2.45, 2.75) is 49.5 Å². The molecule has 12 heteroatoms. The molecule has 24 heavy (non-hydrogen) atoms. The molecule has 8 atom stereocenters. The highest BCUT2D eigenvalue weighted by Crippen LogP contribution is 2.36. The minimum absolute atomic E-state index is 0.000692. The van der Waals surface area contributed by atoms with Crippen molar-refractivity contribution in [3.8, 4) is 0 Å². The fourth-order valence-electron chi connectivity index (χ4n) is 2.98. The van der Waals surface area contributed by atoms with E-state index >= 15 is 0 Å². The first-order chi connectivity index (χ1) is 11.0. The lowest BCUT2D eigenvalue weighted by Gasteiger charge is -2.30. The summed E-state index contributed by atoms with van der Waals surface area (Å²) in [4.78, 5) is 0. The highest BCUT2D eigenvalue weighted by molar-refractivity contribution is 7.80. The molecule has 11 nitrogen and oxygen atoms in total. The number of rotatable bonds is 9. The summed E-state index contributed by atoms with van der Waals surface area (Å²) < 4.78 is 34.7. The summed E-state index contributed by atoms with van der Waals surface area (Å²) in [5.41, 5.74) is 0. The molecule has 0 aromatic rings. The molecule has 0 heterocycles. The van der Waals surface area contributed by atoms with Crippen molar-refractivity contribution in [1.82, 2.24) is 0 Å². The maximum Gasteiger partial charge on any atom is 0.397 e. The van der Waals surface area contributed by atoms with E-state index < -0.39 is 72.1 Å². The average Bonchev–Trinajstić information content (AvgIpc) is 2.76. The average molecular weight is 376 g/mol.